The van der Waals surface area contributed by atoms with Gasteiger partial charge >= 0.3 is 12.0 Å². The van der Waals surface area contributed by atoms with Crippen molar-refractivity contribution in [1.82, 2.24) is 15.5 Å². The number of urea groups is 1. The molecule has 31 heavy (non-hydrogen) atoms. The highest BCUT2D eigenvalue weighted by Crippen LogP contribution is 2.21. The van der Waals surface area contributed by atoms with Crippen LogP contribution in [-0.4, -0.2) is 62.8 Å². The van der Waals surface area contributed by atoms with Crippen LogP contribution < -0.4 is 20.3 Å². The molecule has 1 aliphatic carbocycles. The van der Waals surface area contributed by atoms with E-state index in [4.69, 9.17) is 9.47 Å². The molecule has 1 aromatic carbocycles. The van der Waals surface area contributed by atoms with Gasteiger partial charge in [-0.3, -0.25) is 5.32 Å². The quantitative estimate of drug-likeness (QED) is 0.511. The lowest BCUT2D eigenvalue weighted by Crippen LogP contribution is -2.51. The Labute approximate surface area is 184 Å². The first-order chi connectivity index (χ1) is 15.1. The number of hydrogen-bond donors (Lipinski definition) is 2. The molecule has 2 N–H and O–H groups in total. The lowest BCUT2D eigenvalue weighted by Gasteiger charge is -2.38. The first-order valence-corrected chi connectivity index (χ1v) is 11.2. The number of amides is 2. The fraction of sp³-hybridized carbons (Fsp3) is 0.565. The zero-order valence-electron chi connectivity index (χ0n) is 18.6. The van der Waals surface area contributed by atoms with Gasteiger partial charge in [-0.25, -0.2) is 9.59 Å². The maximum absolute atomic E-state index is 12.6. The lowest BCUT2D eigenvalue weighted by atomic mass is 9.96. The molecule has 1 saturated carbocycles. The number of nitrogens with zero attached hydrogens (tertiary/aromatic N) is 2. The third-order valence-corrected chi connectivity index (χ3v) is 5.78. The Morgan fingerprint density at radius 3 is 2.35 bits per heavy atom. The second-order valence-corrected chi connectivity index (χ2v) is 7.89. The summed E-state index contributed by atoms with van der Waals surface area (Å²) >= 11 is 0. The smallest absolute Gasteiger partial charge is 0.334 e. The molecule has 0 atom stereocenters. The van der Waals surface area contributed by atoms with Crippen LogP contribution in [0.15, 0.2) is 36.2 Å². The third-order valence-electron chi connectivity index (χ3n) is 5.78. The second kappa shape index (κ2) is 11.5. The van der Waals surface area contributed by atoms with Crippen LogP contribution in [0.3, 0.4) is 0 Å². The van der Waals surface area contributed by atoms with Crippen molar-refractivity contribution in [3.05, 3.63) is 36.2 Å². The van der Waals surface area contributed by atoms with Crippen molar-refractivity contribution in [2.45, 2.75) is 45.1 Å². The van der Waals surface area contributed by atoms with Crippen LogP contribution in [0.4, 0.5) is 10.5 Å². The Balaban J connectivity index is 1.61. The van der Waals surface area contributed by atoms with Gasteiger partial charge in [0.1, 0.15) is 11.6 Å². The van der Waals surface area contributed by atoms with Gasteiger partial charge in [-0.2, -0.15) is 0 Å². The number of ether oxygens (including phenoxy) is 2. The number of piperazine rings is 1. The highest BCUT2D eigenvalue weighted by atomic mass is 16.5. The predicted octanol–water partition coefficient (Wildman–Crippen LogP) is 2.85. The van der Waals surface area contributed by atoms with E-state index < -0.39 is 5.97 Å². The Morgan fingerprint density at radius 2 is 1.74 bits per heavy atom. The average Bonchev–Trinajstić information content (AvgIpc) is 2.79. The van der Waals surface area contributed by atoms with Gasteiger partial charge in [0.15, 0.2) is 0 Å². The molecule has 0 bridgehead atoms. The van der Waals surface area contributed by atoms with Crippen LogP contribution >= 0.6 is 0 Å². The standard InChI is InChI=1S/C23H34N4O4/c1-3-31-22(28)17-21(25-23(29)24-18-7-5-4-6-8-18)27-15-13-26(14-16-27)19-9-11-20(30-2)12-10-19/h9-12,17-18H,3-8,13-16H2,1-2H3,(H2,24,25,29). The number of hydrogen-bond acceptors (Lipinski definition) is 6. The Morgan fingerprint density at radius 1 is 1.06 bits per heavy atom. The van der Waals surface area contributed by atoms with Crippen LogP contribution in [0.2, 0.25) is 0 Å². The number of rotatable bonds is 7. The summed E-state index contributed by atoms with van der Waals surface area (Å²) in [6.45, 7) is 4.98. The van der Waals surface area contributed by atoms with E-state index in [1.54, 1.807) is 14.0 Å². The molecule has 2 fully saturated rings. The van der Waals surface area contributed by atoms with E-state index in [1.807, 2.05) is 29.2 Å². The molecule has 8 heteroatoms. The number of carbonyl (C=O) groups is 2. The zero-order chi connectivity index (χ0) is 22.1. The van der Waals surface area contributed by atoms with E-state index in [0.29, 0.717) is 25.5 Å². The summed E-state index contributed by atoms with van der Waals surface area (Å²) < 4.78 is 10.3. The zero-order valence-corrected chi connectivity index (χ0v) is 18.6. The summed E-state index contributed by atoms with van der Waals surface area (Å²) in [5.74, 6) is 0.865. The number of carbonyl (C=O) groups excluding carboxylic acids is 2. The SMILES string of the molecule is CCOC(=O)C=C(NC(=O)NC1CCCCC1)N1CCN(c2ccc(OC)cc2)CC1. The van der Waals surface area contributed by atoms with E-state index in [-0.39, 0.29) is 12.1 Å². The Hall–Kier alpha value is -2.90. The molecule has 170 valence electrons. The van der Waals surface area contributed by atoms with Crippen LogP contribution in [0.1, 0.15) is 39.0 Å². The third kappa shape index (κ3) is 6.80. The van der Waals surface area contributed by atoms with E-state index in [0.717, 1.165) is 50.2 Å². The lowest BCUT2D eigenvalue weighted by molar-refractivity contribution is -0.137. The summed E-state index contributed by atoms with van der Waals surface area (Å²) in [5, 5.41) is 5.94. The van der Waals surface area contributed by atoms with E-state index in [1.165, 1.54) is 12.5 Å². The largest absolute Gasteiger partial charge is 0.497 e. The van der Waals surface area contributed by atoms with E-state index in [9.17, 15) is 9.59 Å². The summed E-state index contributed by atoms with van der Waals surface area (Å²) in [6, 6.07) is 7.92. The van der Waals surface area contributed by atoms with Gasteiger partial charge in [-0.15, -0.1) is 0 Å². The van der Waals surface area contributed by atoms with Crippen molar-refractivity contribution >= 4 is 17.7 Å². The summed E-state index contributed by atoms with van der Waals surface area (Å²) in [7, 11) is 1.66. The summed E-state index contributed by atoms with van der Waals surface area (Å²) in [4.78, 5) is 29.0. The first-order valence-electron chi connectivity index (χ1n) is 11.2. The van der Waals surface area contributed by atoms with Crippen molar-refractivity contribution in [3.8, 4) is 5.75 Å². The minimum Gasteiger partial charge on any atom is -0.497 e. The fourth-order valence-corrected chi connectivity index (χ4v) is 4.09. The highest BCUT2D eigenvalue weighted by molar-refractivity contribution is 5.84. The minimum atomic E-state index is -0.451. The molecule has 1 heterocycles. The molecule has 0 unspecified atom stereocenters. The molecule has 2 amide bonds. The Kier molecular flexibility index (Phi) is 8.44. The van der Waals surface area contributed by atoms with Gasteiger partial charge in [0.2, 0.25) is 0 Å². The molecule has 1 aromatic rings. The maximum Gasteiger partial charge on any atom is 0.334 e. The van der Waals surface area contributed by atoms with Crippen LogP contribution in [-0.2, 0) is 9.53 Å². The van der Waals surface area contributed by atoms with Crippen LogP contribution in [0.25, 0.3) is 0 Å². The number of benzene rings is 1. The normalized spacial score (nSPS) is 17.8. The van der Waals surface area contributed by atoms with Crippen molar-refractivity contribution < 1.29 is 19.1 Å². The predicted molar refractivity (Wildman–Crippen MR) is 120 cm³/mol. The van der Waals surface area contributed by atoms with Gasteiger partial charge < -0.3 is 24.6 Å². The second-order valence-electron chi connectivity index (χ2n) is 7.89. The summed E-state index contributed by atoms with van der Waals surface area (Å²) in [5.41, 5.74) is 1.12. The first kappa shape index (κ1) is 22.8. The van der Waals surface area contributed by atoms with Gasteiger partial charge in [0.05, 0.1) is 19.8 Å². The number of methoxy groups -OCH3 is 1. The molecule has 0 radical (unpaired) electrons. The maximum atomic E-state index is 12.6. The molecule has 3 rings (SSSR count). The van der Waals surface area contributed by atoms with Crippen LogP contribution in [0, 0.1) is 0 Å². The monoisotopic (exact) mass is 430 g/mol. The minimum absolute atomic E-state index is 0.199. The van der Waals surface area contributed by atoms with Crippen molar-refractivity contribution in [2.24, 2.45) is 0 Å². The van der Waals surface area contributed by atoms with Crippen molar-refractivity contribution in [1.29, 1.82) is 0 Å². The number of nitrogens with one attached hydrogen (secondary N) is 2. The van der Waals surface area contributed by atoms with Gasteiger partial charge in [0.25, 0.3) is 0 Å². The van der Waals surface area contributed by atoms with Crippen molar-refractivity contribution in [2.75, 3.05) is 44.8 Å². The molecule has 1 aliphatic heterocycles. The van der Waals surface area contributed by atoms with E-state index in [2.05, 4.69) is 15.5 Å². The van der Waals surface area contributed by atoms with Gasteiger partial charge in [-0.05, 0) is 44.0 Å². The van der Waals surface area contributed by atoms with Crippen LogP contribution in [0.5, 0.6) is 5.75 Å². The molecule has 0 spiro atoms. The molecular formula is C23H34N4O4. The molecule has 2 aliphatic rings. The van der Waals surface area contributed by atoms with Crippen molar-refractivity contribution in [3.63, 3.8) is 0 Å². The number of esters is 1. The fourth-order valence-electron chi connectivity index (χ4n) is 4.09. The van der Waals surface area contributed by atoms with Gasteiger partial charge in [-0.1, -0.05) is 19.3 Å². The average molecular weight is 431 g/mol. The topological polar surface area (TPSA) is 83.1 Å². The Bertz CT molecular complexity index is 751. The summed E-state index contributed by atoms with van der Waals surface area (Å²) in [6.07, 6.45) is 6.91. The molecule has 0 aromatic heterocycles. The molecule has 8 nitrogen and oxygen atoms in total. The highest BCUT2D eigenvalue weighted by Gasteiger charge is 2.23. The molecule has 1 saturated heterocycles. The molecular weight excluding hydrogens is 396 g/mol. The van der Waals surface area contributed by atoms with E-state index >= 15 is 0 Å². The number of anilines is 1. The van der Waals surface area contributed by atoms with Gasteiger partial charge in [0, 0.05) is 37.9 Å².